The normalized spacial score (nSPS) is 30.7. The lowest BCUT2D eigenvalue weighted by molar-refractivity contribution is 0.00585. The molecule has 0 aromatic rings. The van der Waals surface area contributed by atoms with Gasteiger partial charge in [0.05, 0.1) is 12.7 Å². The van der Waals surface area contributed by atoms with Crippen molar-refractivity contribution in [2.75, 3.05) is 40.5 Å². The number of methoxy groups -OCH3 is 1. The Balaban J connectivity index is 2.42. The Labute approximate surface area is 111 Å². The molecule has 1 aliphatic carbocycles. The van der Waals surface area contributed by atoms with Gasteiger partial charge in [-0.2, -0.15) is 0 Å². The van der Waals surface area contributed by atoms with Gasteiger partial charge in [0.15, 0.2) is 0 Å². The molecular weight excluding hydrogens is 230 g/mol. The van der Waals surface area contributed by atoms with Crippen LogP contribution in [-0.2, 0) is 4.74 Å². The van der Waals surface area contributed by atoms with Gasteiger partial charge >= 0.3 is 0 Å². The molecule has 0 aliphatic heterocycles. The Kier molecular flexibility index (Phi) is 6.57. The lowest BCUT2D eigenvalue weighted by Gasteiger charge is -2.41. The Morgan fingerprint density at radius 3 is 2.50 bits per heavy atom. The van der Waals surface area contributed by atoms with Crippen molar-refractivity contribution in [1.29, 1.82) is 0 Å². The minimum absolute atomic E-state index is 0.0358. The Morgan fingerprint density at radius 1 is 1.39 bits per heavy atom. The molecule has 4 nitrogen and oxygen atoms in total. The van der Waals surface area contributed by atoms with Crippen LogP contribution in [-0.4, -0.2) is 61.7 Å². The Bertz CT molecular complexity index is 227. The number of aliphatic hydroxyl groups is 2. The lowest BCUT2D eigenvalue weighted by atomic mass is 9.71. The van der Waals surface area contributed by atoms with Crippen LogP contribution in [0.5, 0.6) is 0 Å². The summed E-state index contributed by atoms with van der Waals surface area (Å²) in [5.41, 5.74) is 0.0358. The van der Waals surface area contributed by atoms with E-state index in [0.29, 0.717) is 13.2 Å². The Morgan fingerprint density at radius 2 is 2.00 bits per heavy atom. The van der Waals surface area contributed by atoms with E-state index in [9.17, 15) is 10.2 Å². The number of nitrogens with zero attached hydrogens (tertiary/aromatic N) is 1. The summed E-state index contributed by atoms with van der Waals surface area (Å²) >= 11 is 0. The standard InChI is InChI=1S/C14H29NO3/c1-12-4-6-14(11-16,7-5-12)10-15(2)8-13(17)9-18-3/h12-13,16-17H,4-11H2,1-3H3. The van der Waals surface area contributed by atoms with Gasteiger partial charge in [-0.25, -0.2) is 0 Å². The summed E-state index contributed by atoms with van der Waals surface area (Å²) in [6, 6.07) is 0. The van der Waals surface area contributed by atoms with Crippen molar-refractivity contribution in [3.63, 3.8) is 0 Å². The van der Waals surface area contributed by atoms with E-state index in [1.54, 1.807) is 7.11 Å². The SMILES string of the molecule is COCC(O)CN(C)CC1(CO)CCC(C)CC1. The molecule has 0 spiro atoms. The monoisotopic (exact) mass is 259 g/mol. The van der Waals surface area contributed by atoms with E-state index in [0.717, 1.165) is 25.3 Å². The number of rotatable bonds is 7. The van der Waals surface area contributed by atoms with Gasteiger partial charge in [-0.1, -0.05) is 19.8 Å². The third-order valence-electron chi connectivity index (χ3n) is 4.16. The van der Waals surface area contributed by atoms with E-state index in [-0.39, 0.29) is 12.0 Å². The molecule has 1 unspecified atom stereocenters. The fourth-order valence-corrected chi connectivity index (χ4v) is 2.98. The first-order chi connectivity index (χ1) is 8.51. The molecule has 0 heterocycles. The summed E-state index contributed by atoms with van der Waals surface area (Å²) in [6.07, 6.45) is 4.15. The third kappa shape index (κ3) is 4.84. The quantitative estimate of drug-likeness (QED) is 0.719. The van der Waals surface area contributed by atoms with Gasteiger partial charge in [-0.05, 0) is 25.8 Å². The van der Waals surface area contributed by atoms with Gasteiger partial charge < -0.3 is 19.8 Å². The van der Waals surface area contributed by atoms with Crippen LogP contribution in [0.4, 0.5) is 0 Å². The van der Waals surface area contributed by atoms with Crippen LogP contribution in [0.1, 0.15) is 32.6 Å². The van der Waals surface area contributed by atoms with E-state index >= 15 is 0 Å². The summed E-state index contributed by atoms with van der Waals surface area (Å²) in [6.45, 7) is 4.37. The summed E-state index contributed by atoms with van der Waals surface area (Å²) in [7, 11) is 3.61. The number of ether oxygens (including phenoxy) is 1. The zero-order valence-electron chi connectivity index (χ0n) is 12.1. The summed E-state index contributed by atoms with van der Waals surface area (Å²) in [5, 5.41) is 19.4. The summed E-state index contributed by atoms with van der Waals surface area (Å²) < 4.78 is 4.93. The van der Waals surface area contributed by atoms with Gasteiger partial charge in [-0.3, -0.25) is 0 Å². The zero-order chi connectivity index (χ0) is 13.6. The second kappa shape index (κ2) is 7.43. The van der Waals surface area contributed by atoms with Crippen molar-refractivity contribution < 1.29 is 14.9 Å². The molecule has 1 aliphatic rings. The molecular formula is C14H29NO3. The predicted molar refractivity (Wildman–Crippen MR) is 72.5 cm³/mol. The highest BCUT2D eigenvalue weighted by Gasteiger charge is 2.34. The van der Waals surface area contributed by atoms with Gasteiger partial charge in [0.25, 0.3) is 0 Å². The molecule has 108 valence electrons. The molecule has 2 N–H and O–H groups in total. The van der Waals surface area contributed by atoms with Crippen molar-refractivity contribution in [2.45, 2.75) is 38.7 Å². The number of aliphatic hydroxyl groups excluding tert-OH is 2. The predicted octanol–water partition coefficient (Wildman–Crippen LogP) is 1.11. The number of likely N-dealkylation sites (N-methyl/N-ethyl adjacent to an activating group) is 1. The zero-order valence-corrected chi connectivity index (χ0v) is 12.1. The average Bonchev–Trinajstić information content (AvgIpc) is 2.32. The third-order valence-corrected chi connectivity index (χ3v) is 4.16. The van der Waals surface area contributed by atoms with Crippen molar-refractivity contribution >= 4 is 0 Å². The molecule has 0 bridgehead atoms. The second-order valence-electron chi connectivity index (χ2n) is 6.15. The maximum absolute atomic E-state index is 9.72. The highest BCUT2D eigenvalue weighted by Crippen LogP contribution is 2.38. The first kappa shape index (κ1) is 15.9. The van der Waals surface area contributed by atoms with Crippen molar-refractivity contribution in [2.24, 2.45) is 11.3 Å². The minimum atomic E-state index is -0.446. The Hall–Kier alpha value is -0.160. The smallest absolute Gasteiger partial charge is 0.0899 e. The first-order valence-corrected chi connectivity index (χ1v) is 6.98. The minimum Gasteiger partial charge on any atom is -0.396 e. The topological polar surface area (TPSA) is 52.9 Å². The highest BCUT2D eigenvalue weighted by atomic mass is 16.5. The van der Waals surface area contributed by atoms with Gasteiger partial charge in [0.2, 0.25) is 0 Å². The van der Waals surface area contributed by atoms with Crippen molar-refractivity contribution in [3.8, 4) is 0 Å². The van der Waals surface area contributed by atoms with Crippen LogP contribution in [0.25, 0.3) is 0 Å². The van der Waals surface area contributed by atoms with Crippen LogP contribution >= 0.6 is 0 Å². The van der Waals surface area contributed by atoms with Crippen molar-refractivity contribution in [1.82, 2.24) is 4.90 Å². The molecule has 1 fully saturated rings. The van der Waals surface area contributed by atoms with Crippen LogP contribution < -0.4 is 0 Å². The number of hydrogen-bond acceptors (Lipinski definition) is 4. The van der Waals surface area contributed by atoms with E-state index < -0.39 is 6.10 Å². The molecule has 0 aromatic carbocycles. The molecule has 1 rings (SSSR count). The van der Waals surface area contributed by atoms with Gasteiger partial charge in [0.1, 0.15) is 0 Å². The van der Waals surface area contributed by atoms with Crippen LogP contribution in [0.3, 0.4) is 0 Å². The van der Waals surface area contributed by atoms with Crippen LogP contribution in [0.15, 0.2) is 0 Å². The molecule has 0 saturated heterocycles. The van der Waals surface area contributed by atoms with Crippen LogP contribution in [0, 0.1) is 11.3 Å². The van der Waals surface area contributed by atoms with E-state index in [1.807, 2.05) is 7.05 Å². The maximum atomic E-state index is 9.72. The summed E-state index contributed by atoms with van der Waals surface area (Å²) in [4.78, 5) is 2.12. The first-order valence-electron chi connectivity index (χ1n) is 6.98. The second-order valence-corrected chi connectivity index (χ2v) is 6.15. The fourth-order valence-electron chi connectivity index (χ4n) is 2.98. The molecule has 1 saturated carbocycles. The molecule has 0 radical (unpaired) electrons. The van der Waals surface area contributed by atoms with Crippen molar-refractivity contribution in [3.05, 3.63) is 0 Å². The molecule has 18 heavy (non-hydrogen) atoms. The summed E-state index contributed by atoms with van der Waals surface area (Å²) in [5.74, 6) is 0.786. The van der Waals surface area contributed by atoms with E-state index in [2.05, 4.69) is 11.8 Å². The molecule has 0 aromatic heterocycles. The van der Waals surface area contributed by atoms with Gasteiger partial charge in [-0.15, -0.1) is 0 Å². The van der Waals surface area contributed by atoms with Gasteiger partial charge in [0, 0.05) is 32.2 Å². The maximum Gasteiger partial charge on any atom is 0.0899 e. The van der Waals surface area contributed by atoms with E-state index in [1.165, 1.54) is 12.8 Å². The van der Waals surface area contributed by atoms with E-state index in [4.69, 9.17) is 4.74 Å². The molecule has 0 amide bonds. The largest absolute Gasteiger partial charge is 0.396 e. The average molecular weight is 259 g/mol. The van der Waals surface area contributed by atoms with Crippen LogP contribution in [0.2, 0.25) is 0 Å². The lowest BCUT2D eigenvalue weighted by Crippen LogP contribution is -2.43. The molecule has 4 heteroatoms. The fraction of sp³-hybridized carbons (Fsp3) is 1.00. The molecule has 1 atom stereocenters. The number of hydrogen-bond donors (Lipinski definition) is 2. The highest BCUT2D eigenvalue weighted by molar-refractivity contribution is 4.87.